The van der Waals surface area contributed by atoms with E-state index in [1.165, 1.54) is 19.3 Å². The van der Waals surface area contributed by atoms with Crippen molar-refractivity contribution in [2.45, 2.75) is 38.5 Å². The van der Waals surface area contributed by atoms with Gasteiger partial charge in [0.05, 0.1) is 12.4 Å². The van der Waals surface area contributed by atoms with Crippen LogP contribution in [0, 0.1) is 11.3 Å². The fourth-order valence-electron chi connectivity index (χ4n) is 3.07. The minimum absolute atomic E-state index is 0. The van der Waals surface area contributed by atoms with Crippen LogP contribution in [0.4, 0.5) is 0 Å². The minimum atomic E-state index is -3.13. The van der Waals surface area contributed by atoms with Crippen LogP contribution in [0.25, 0.3) is 0 Å². The van der Waals surface area contributed by atoms with Crippen molar-refractivity contribution >= 4 is 22.4 Å². The summed E-state index contributed by atoms with van der Waals surface area (Å²) in [7, 11) is -1.45. The van der Waals surface area contributed by atoms with Crippen LogP contribution in [0.15, 0.2) is 0 Å². The van der Waals surface area contributed by atoms with Crippen molar-refractivity contribution in [2.24, 2.45) is 11.3 Å². The van der Waals surface area contributed by atoms with Gasteiger partial charge in [-0.15, -0.1) is 12.4 Å². The zero-order valence-electron chi connectivity index (χ0n) is 12.9. The molecule has 2 N–H and O–H groups in total. The molecule has 7 heteroatoms. The second-order valence-corrected chi connectivity index (χ2v) is 8.34. The zero-order chi connectivity index (χ0) is 14.5. The number of halogens is 1. The molecule has 1 saturated heterocycles. The van der Waals surface area contributed by atoms with Gasteiger partial charge < -0.3 is 10.1 Å². The van der Waals surface area contributed by atoms with Gasteiger partial charge in [-0.05, 0) is 38.3 Å². The second-order valence-electron chi connectivity index (χ2n) is 6.41. The summed E-state index contributed by atoms with van der Waals surface area (Å²) in [6, 6.07) is 0. The number of hydrogen-bond donors (Lipinski definition) is 2. The second kappa shape index (κ2) is 8.67. The molecule has 5 nitrogen and oxygen atoms in total. The molecule has 0 bridgehead atoms. The van der Waals surface area contributed by atoms with Crippen LogP contribution in [0.3, 0.4) is 0 Å². The Kier molecular flexibility index (Phi) is 7.92. The van der Waals surface area contributed by atoms with Gasteiger partial charge >= 0.3 is 0 Å². The maximum Gasteiger partial charge on any atom is 0.211 e. The number of rotatable bonds is 8. The van der Waals surface area contributed by atoms with Gasteiger partial charge in [0.2, 0.25) is 10.0 Å². The van der Waals surface area contributed by atoms with Crippen molar-refractivity contribution in [1.82, 2.24) is 10.0 Å². The van der Waals surface area contributed by atoms with Crippen molar-refractivity contribution in [2.75, 3.05) is 39.1 Å². The Hall–Kier alpha value is 0.120. The molecule has 1 aliphatic heterocycles. The van der Waals surface area contributed by atoms with Crippen LogP contribution in [0.5, 0.6) is 0 Å². The fourth-order valence-corrected chi connectivity index (χ4v) is 4.39. The van der Waals surface area contributed by atoms with Gasteiger partial charge in [-0.1, -0.05) is 19.3 Å². The summed E-state index contributed by atoms with van der Waals surface area (Å²) < 4.78 is 32.3. The lowest BCUT2D eigenvalue weighted by Gasteiger charge is -2.37. The van der Waals surface area contributed by atoms with Crippen molar-refractivity contribution in [1.29, 1.82) is 0 Å². The molecule has 0 radical (unpaired) electrons. The third kappa shape index (κ3) is 6.02. The largest absolute Gasteiger partial charge is 0.384 e. The highest BCUT2D eigenvalue weighted by atomic mass is 35.5. The Morgan fingerprint density at radius 3 is 2.48 bits per heavy atom. The van der Waals surface area contributed by atoms with E-state index in [1.54, 1.807) is 7.11 Å². The lowest BCUT2D eigenvalue weighted by atomic mass is 9.80. The Bertz CT molecular complexity index is 388. The number of methoxy groups -OCH3 is 1. The van der Waals surface area contributed by atoms with Gasteiger partial charge in [0, 0.05) is 19.1 Å². The highest BCUT2D eigenvalue weighted by molar-refractivity contribution is 7.89. The summed E-state index contributed by atoms with van der Waals surface area (Å²) in [5.41, 5.74) is -0.0382. The molecular weight excluding hydrogens is 312 g/mol. The van der Waals surface area contributed by atoms with Gasteiger partial charge in [0.1, 0.15) is 0 Å². The Morgan fingerprint density at radius 1 is 1.29 bits per heavy atom. The van der Waals surface area contributed by atoms with Crippen molar-refractivity contribution in [3.05, 3.63) is 0 Å². The third-order valence-corrected chi connectivity index (χ3v) is 6.16. The summed E-state index contributed by atoms with van der Waals surface area (Å²) in [5.74, 6) is 0.914. The van der Waals surface area contributed by atoms with Gasteiger partial charge in [0.15, 0.2) is 0 Å². The standard InChI is InChI=1S/C14H28N2O3S.ClH/c1-19-12-14(6-8-15-9-7-14)11-16-20(17,18)10-5-13-3-2-4-13;/h13,15-16H,2-12H2,1H3;1H. The van der Waals surface area contributed by atoms with Crippen LogP contribution >= 0.6 is 12.4 Å². The van der Waals surface area contributed by atoms with Crippen LogP contribution in [0.2, 0.25) is 0 Å². The van der Waals surface area contributed by atoms with E-state index in [-0.39, 0.29) is 23.6 Å². The lowest BCUT2D eigenvalue weighted by Crippen LogP contribution is -2.47. The first-order valence-electron chi connectivity index (χ1n) is 7.72. The molecule has 21 heavy (non-hydrogen) atoms. The molecule has 0 amide bonds. The molecule has 1 saturated carbocycles. The van der Waals surface area contributed by atoms with Crippen molar-refractivity contribution in [3.8, 4) is 0 Å². The smallest absolute Gasteiger partial charge is 0.211 e. The molecule has 2 fully saturated rings. The highest BCUT2D eigenvalue weighted by Gasteiger charge is 2.33. The number of ether oxygens (including phenoxy) is 1. The average molecular weight is 341 g/mol. The fraction of sp³-hybridized carbons (Fsp3) is 1.00. The molecule has 1 aliphatic carbocycles. The van der Waals surface area contributed by atoms with Crippen molar-refractivity contribution in [3.63, 3.8) is 0 Å². The molecule has 0 unspecified atom stereocenters. The average Bonchev–Trinajstić information content (AvgIpc) is 2.36. The first kappa shape index (κ1) is 19.2. The quantitative estimate of drug-likeness (QED) is 0.703. The number of nitrogens with one attached hydrogen (secondary N) is 2. The summed E-state index contributed by atoms with van der Waals surface area (Å²) in [6.07, 6.45) is 6.41. The van der Waals surface area contributed by atoms with Crippen LogP contribution in [-0.4, -0.2) is 47.5 Å². The van der Waals surface area contributed by atoms with E-state index < -0.39 is 10.0 Å². The summed E-state index contributed by atoms with van der Waals surface area (Å²) in [4.78, 5) is 0. The van der Waals surface area contributed by atoms with E-state index in [0.717, 1.165) is 32.4 Å². The molecule has 2 rings (SSSR count). The lowest BCUT2D eigenvalue weighted by molar-refractivity contribution is 0.0577. The Morgan fingerprint density at radius 2 is 1.95 bits per heavy atom. The first-order valence-corrected chi connectivity index (χ1v) is 9.37. The number of piperidine rings is 1. The Labute approximate surface area is 135 Å². The maximum absolute atomic E-state index is 12.1. The van der Waals surface area contributed by atoms with Crippen LogP contribution < -0.4 is 10.0 Å². The van der Waals surface area contributed by atoms with E-state index in [4.69, 9.17) is 4.74 Å². The summed E-state index contributed by atoms with van der Waals surface area (Å²) in [5, 5.41) is 3.32. The molecular formula is C14H29ClN2O3S. The summed E-state index contributed by atoms with van der Waals surface area (Å²) in [6.45, 7) is 3.01. The SMILES string of the molecule is COCC1(CNS(=O)(=O)CCC2CCC2)CCNCC1.Cl. The molecule has 0 aromatic heterocycles. The van der Waals surface area contributed by atoms with E-state index in [2.05, 4.69) is 10.0 Å². The minimum Gasteiger partial charge on any atom is -0.384 e. The van der Waals surface area contributed by atoms with E-state index in [1.807, 2.05) is 0 Å². The monoisotopic (exact) mass is 340 g/mol. The van der Waals surface area contributed by atoms with E-state index in [9.17, 15) is 8.42 Å². The third-order valence-electron chi connectivity index (χ3n) is 4.80. The topological polar surface area (TPSA) is 67.4 Å². The van der Waals surface area contributed by atoms with Crippen molar-refractivity contribution < 1.29 is 13.2 Å². The van der Waals surface area contributed by atoms with Gasteiger partial charge in [-0.25, -0.2) is 13.1 Å². The predicted octanol–water partition coefficient (Wildman–Crippen LogP) is 1.53. The van der Waals surface area contributed by atoms with Gasteiger partial charge in [-0.3, -0.25) is 0 Å². The first-order chi connectivity index (χ1) is 9.55. The van der Waals surface area contributed by atoms with Crippen LogP contribution in [-0.2, 0) is 14.8 Å². The number of sulfonamides is 1. The van der Waals surface area contributed by atoms with E-state index >= 15 is 0 Å². The van der Waals surface area contributed by atoms with E-state index in [0.29, 0.717) is 19.1 Å². The predicted molar refractivity (Wildman–Crippen MR) is 87.4 cm³/mol. The van der Waals surface area contributed by atoms with Gasteiger partial charge in [-0.2, -0.15) is 0 Å². The maximum atomic E-state index is 12.1. The molecule has 2 aliphatic rings. The molecule has 0 aromatic carbocycles. The molecule has 0 spiro atoms. The molecule has 0 atom stereocenters. The molecule has 126 valence electrons. The van der Waals surface area contributed by atoms with Gasteiger partial charge in [0.25, 0.3) is 0 Å². The zero-order valence-corrected chi connectivity index (χ0v) is 14.5. The highest BCUT2D eigenvalue weighted by Crippen LogP contribution is 2.30. The molecule has 0 aromatic rings. The summed E-state index contributed by atoms with van der Waals surface area (Å²) >= 11 is 0. The number of hydrogen-bond acceptors (Lipinski definition) is 4. The Balaban J connectivity index is 0.00000220. The van der Waals surface area contributed by atoms with Crippen LogP contribution in [0.1, 0.15) is 38.5 Å². The molecule has 1 heterocycles. The normalized spacial score (nSPS) is 22.3.